The summed E-state index contributed by atoms with van der Waals surface area (Å²) in [5.74, 6) is -3.27. The monoisotopic (exact) mass is 786 g/mol. The number of benzene rings is 4. The van der Waals surface area contributed by atoms with Gasteiger partial charge in [0.25, 0.3) is 11.5 Å². The van der Waals surface area contributed by atoms with Crippen LogP contribution in [0.15, 0.2) is 137 Å². The maximum atomic E-state index is 14.0. The van der Waals surface area contributed by atoms with Crippen LogP contribution in [0.5, 0.6) is 0 Å². The highest BCUT2D eigenvalue weighted by Gasteiger charge is 2.52. The molecule has 1 saturated heterocycles. The molecule has 0 aliphatic carbocycles. The summed E-state index contributed by atoms with van der Waals surface area (Å²) in [5.41, 5.74) is -1.37. The maximum Gasteiger partial charge on any atom is 0.340 e. The van der Waals surface area contributed by atoms with Crippen molar-refractivity contribution < 1.29 is 38.1 Å². The number of aromatic nitrogens is 2. The minimum absolute atomic E-state index is 0.0417. The summed E-state index contributed by atoms with van der Waals surface area (Å²) in [6, 6.07) is 31.8. The Hall–Kier alpha value is -5.67. The molecule has 5 aromatic rings. The van der Waals surface area contributed by atoms with Crippen LogP contribution >= 0.6 is 22.6 Å². The molecule has 0 unspecified atom stereocenters. The number of hydrogen-bond acceptors (Lipinski definition) is 10. The summed E-state index contributed by atoms with van der Waals surface area (Å²) < 4.78 is 25.0. The first-order valence-corrected chi connectivity index (χ1v) is 16.3. The SMILES string of the molecule is O=C(OC[C@H]1O[C@@H](n2cc(I)c(=O)n(C(=O)c3ccccc3)c2=O)[C@H](OC(=O)c2ccccc2)[C@@H]1OC(=O)c1ccccc1)c1ccccc1. The molecule has 0 amide bonds. The van der Waals surface area contributed by atoms with Crippen molar-refractivity contribution in [2.75, 3.05) is 6.61 Å². The molecule has 0 N–H and O–H groups in total. The Bertz CT molecular complexity index is 2140. The lowest BCUT2D eigenvalue weighted by Crippen LogP contribution is -2.48. The van der Waals surface area contributed by atoms with Crippen molar-refractivity contribution in [1.29, 1.82) is 0 Å². The smallest absolute Gasteiger partial charge is 0.340 e. The molecule has 6 rings (SSSR count). The average molecular weight is 787 g/mol. The summed E-state index contributed by atoms with van der Waals surface area (Å²) in [7, 11) is 0. The Morgan fingerprint density at radius 3 is 1.56 bits per heavy atom. The van der Waals surface area contributed by atoms with Gasteiger partial charge in [0.15, 0.2) is 18.4 Å². The third-order valence-corrected chi connectivity index (χ3v) is 8.49. The second-order valence-electron chi connectivity index (χ2n) is 11.0. The minimum atomic E-state index is -1.56. The van der Waals surface area contributed by atoms with Crippen molar-refractivity contribution in [3.8, 4) is 0 Å². The predicted octanol–water partition coefficient (Wildman–Crippen LogP) is 4.51. The molecule has 4 atom stereocenters. The average Bonchev–Trinajstić information content (AvgIpc) is 3.48. The lowest BCUT2D eigenvalue weighted by atomic mass is 10.1. The highest BCUT2D eigenvalue weighted by Crippen LogP contribution is 2.35. The number of carbonyl (C=O) groups excluding carboxylic acids is 4. The van der Waals surface area contributed by atoms with Crippen LogP contribution in [0.2, 0.25) is 0 Å². The number of rotatable bonds is 9. The topological polar surface area (TPSA) is 149 Å². The number of halogens is 1. The first-order valence-electron chi connectivity index (χ1n) is 15.3. The standard InChI is InChI=1S/C37H27IN2O10/c38-27-21-39(37(46)40(32(27)42)31(41)23-13-5-1-6-14-23)33-30(50-36(45)26-19-11-4-12-20-26)29(49-35(44)25-17-9-3-10-18-25)28(48-33)22-47-34(43)24-15-7-2-8-16-24/h1-21,28-30,33H,22H2/t28-,29-,30-,33-/m1/s1. The van der Waals surface area contributed by atoms with E-state index in [0.717, 1.165) is 10.8 Å². The van der Waals surface area contributed by atoms with Crippen molar-refractivity contribution in [2.45, 2.75) is 24.5 Å². The molecule has 4 aromatic carbocycles. The second-order valence-corrected chi connectivity index (χ2v) is 12.1. The van der Waals surface area contributed by atoms with Crippen molar-refractivity contribution >= 4 is 46.4 Å². The fourth-order valence-corrected chi connectivity index (χ4v) is 5.84. The Labute approximate surface area is 297 Å². The van der Waals surface area contributed by atoms with E-state index in [4.69, 9.17) is 18.9 Å². The van der Waals surface area contributed by atoms with Gasteiger partial charge < -0.3 is 18.9 Å². The van der Waals surface area contributed by atoms with E-state index >= 15 is 0 Å². The van der Waals surface area contributed by atoms with E-state index in [-0.39, 0.29) is 25.8 Å². The molecule has 0 saturated carbocycles. The van der Waals surface area contributed by atoms with E-state index in [0.29, 0.717) is 4.57 Å². The number of carbonyl (C=O) groups is 4. The van der Waals surface area contributed by atoms with Gasteiger partial charge in [-0.25, -0.2) is 19.2 Å². The molecule has 13 heteroatoms. The van der Waals surface area contributed by atoms with E-state index in [1.807, 2.05) is 0 Å². The van der Waals surface area contributed by atoms with Crippen LogP contribution in [-0.4, -0.2) is 57.9 Å². The molecule has 0 radical (unpaired) electrons. The van der Waals surface area contributed by atoms with E-state index in [2.05, 4.69) is 0 Å². The predicted molar refractivity (Wildman–Crippen MR) is 186 cm³/mol. The van der Waals surface area contributed by atoms with Crippen LogP contribution in [-0.2, 0) is 18.9 Å². The highest BCUT2D eigenvalue weighted by molar-refractivity contribution is 14.1. The summed E-state index contributed by atoms with van der Waals surface area (Å²) in [6.45, 7) is -0.495. The van der Waals surface area contributed by atoms with Gasteiger partial charge in [-0.05, 0) is 71.1 Å². The van der Waals surface area contributed by atoms with Crippen LogP contribution in [0.25, 0.3) is 0 Å². The van der Waals surface area contributed by atoms with Gasteiger partial charge in [0.1, 0.15) is 12.7 Å². The minimum Gasteiger partial charge on any atom is -0.459 e. The van der Waals surface area contributed by atoms with Gasteiger partial charge in [-0.3, -0.25) is 14.2 Å². The fraction of sp³-hybridized carbons (Fsp3) is 0.135. The fourth-order valence-electron chi connectivity index (χ4n) is 5.29. The highest BCUT2D eigenvalue weighted by atomic mass is 127. The Morgan fingerprint density at radius 2 is 1.06 bits per heavy atom. The van der Waals surface area contributed by atoms with E-state index in [1.54, 1.807) is 108 Å². The molecule has 12 nitrogen and oxygen atoms in total. The first-order chi connectivity index (χ1) is 24.2. The Kier molecular flexibility index (Phi) is 10.4. The third-order valence-electron chi connectivity index (χ3n) is 7.75. The van der Waals surface area contributed by atoms with Crippen LogP contribution in [0, 0.1) is 3.57 Å². The van der Waals surface area contributed by atoms with Gasteiger partial charge in [-0.15, -0.1) is 0 Å². The first kappa shape index (κ1) is 34.2. The maximum absolute atomic E-state index is 14.0. The molecule has 1 aliphatic heterocycles. The molecule has 0 spiro atoms. The number of nitrogens with zero attached hydrogens (tertiary/aromatic N) is 2. The zero-order valence-corrected chi connectivity index (χ0v) is 28.2. The van der Waals surface area contributed by atoms with Crippen LogP contribution < -0.4 is 11.2 Å². The van der Waals surface area contributed by atoms with Crippen LogP contribution in [0.3, 0.4) is 0 Å². The van der Waals surface area contributed by atoms with Crippen molar-refractivity contribution in [2.24, 2.45) is 0 Å². The quantitative estimate of drug-likeness (QED) is 0.119. The number of esters is 3. The lowest BCUT2D eigenvalue weighted by Gasteiger charge is -2.25. The summed E-state index contributed by atoms with van der Waals surface area (Å²) >= 11 is 1.68. The zero-order valence-electron chi connectivity index (χ0n) is 26.0. The normalized spacial score (nSPS) is 18.2. The molecule has 0 bridgehead atoms. The molecular weight excluding hydrogens is 759 g/mol. The van der Waals surface area contributed by atoms with E-state index < -0.39 is 66.2 Å². The Balaban J connectivity index is 1.44. The molecule has 1 aromatic heterocycles. The van der Waals surface area contributed by atoms with Crippen LogP contribution in [0.1, 0.15) is 47.7 Å². The second kappa shape index (κ2) is 15.3. The van der Waals surface area contributed by atoms with Gasteiger partial charge in [-0.1, -0.05) is 72.8 Å². The molecule has 2 heterocycles. The van der Waals surface area contributed by atoms with Crippen molar-refractivity contribution in [1.82, 2.24) is 9.13 Å². The van der Waals surface area contributed by atoms with Crippen molar-refractivity contribution in [3.05, 3.63) is 174 Å². The molecular formula is C37H27IN2O10. The lowest BCUT2D eigenvalue weighted by molar-refractivity contribution is -0.0644. The Morgan fingerprint density at radius 1 is 0.620 bits per heavy atom. The van der Waals surface area contributed by atoms with Crippen LogP contribution in [0.4, 0.5) is 0 Å². The van der Waals surface area contributed by atoms with E-state index in [1.165, 1.54) is 36.4 Å². The zero-order chi connectivity index (χ0) is 35.2. The molecule has 1 fully saturated rings. The van der Waals surface area contributed by atoms with Gasteiger partial charge >= 0.3 is 23.6 Å². The van der Waals surface area contributed by atoms with Gasteiger partial charge in [0, 0.05) is 11.8 Å². The molecule has 50 heavy (non-hydrogen) atoms. The van der Waals surface area contributed by atoms with E-state index in [9.17, 15) is 28.8 Å². The summed E-state index contributed by atoms with van der Waals surface area (Å²) in [6.07, 6.45) is -4.68. The summed E-state index contributed by atoms with van der Waals surface area (Å²) in [4.78, 5) is 80.6. The molecule has 1 aliphatic rings. The van der Waals surface area contributed by atoms with Gasteiger partial charge in [-0.2, -0.15) is 4.57 Å². The third kappa shape index (κ3) is 7.33. The largest absolute Gasteiger partial charge is 0.459 e. The van der Waals surface area contributed by atoms with Crippen molar-refractivity contribution in [3.63, 3.8) is 0 Å². The number of ether oxygens (including phenoxy) is 4. The number of hydrogen-bond donors (Lipinski definition) is 0. The molecule has 252 valence electrons. The summed E-state index contributed by atoms with van der Waals surface area (Å²) in [5, 5.41) is 0. The van der Waals surface area contributed by atoms with Gasteiger partial charge in [0.2, 0.25) is 0 Å². The van der Waals surface area contributed by atoms with Gasteiger partial charge in [0.05, 0.1) is 20.3 Å².